The lowest BCUT2D eigenvalue weighted by Gasteiger charge is -2.14. The minimum Gasteiger partial charge on any atom is -0.493 e. The molecule has 0 aliphatic rings. The average Bonchev–Trinajstić information content (AvgIpc) is 2.70. The Hall–Kier alpha value is -2.57. The third-order valence-electron chi connectivity index (χ3n) is 4.12. The zero-order valence-electron chi connectivity index (χ0n) is 15.6. The van der Waals surface area contributed by atoms with Gasteiger partial charge in [-0.1, -0.05) is 11.6 Å². The van der Waals surface area contributed by atoms with Crippen molar-refractivity contribution in [3.63, 3.8) is 0 Å². The normalized spacial score (nSPS) is 10.8. The molecule has 6 nitrogen and oxygen atoms in total. The van der Waals surface area contributed by atoms with Gasteiger partial charge in [0.25, 0.3) is 0 Å². The monoisotopic (exact) mass is 387 g/mol. The third-order valence-corrected chi connectivity index (χ3v) is 4.37. The summed E-state index contributed by atoms with van der Waals surface area (Å²) in [4.78, 5) is 9.44. The molecule has 0 fully saturated rings. The van der Waals surface area contributed by atoms with Crippen LogP contribution in [0, 0.1) is 0 Å². The van der Waals surface area contributed by atoms with Gasteiger partial charge in [-0.25, -0.2) is 9.97 Å². The van der Waals surface area contributed by atoms with E-state index in [0.29, 0.717) is 29.0 Å². The van der Waals surface area contributed by atoms with Gasteiger partial charge in [0.1, 0.15) is 5.82 Å². The van der Waals surface area contributed by atoms with E-state index in [1.807, 2.05) is 36.4 Å². The maximum Gasteiger partial charge on any atom is 0.162 e. The summed E-state index contributed by atoms with van der Waals surface area (Å²) >= 11 is 6.00. The van der Waals surface area contributed by atoms with Crippen LogP contribution in [-0.2, 0) is 4.74 Å². The number of methoxy groups -OCH3 is 3. The van der Waals surface area contributed by atoms with Gasteiger partial charge < -0.3 is 19.5 Å². The number of fused-ring (bicyclic) bond motifs is 1. The van der Waals surface area contributed by atoms with Crippen molar-refractivity contribution in [2.24, 2.45) is 0 Å². The zero-order valence-corrected chi connectivity index (χ0v) is 16.3. The molecule has 0 bridgehead atoms. The van der Waals surface area contributed by atoms with Crippen LogP contribution in [0.3, 0.4) is 0 Å². The van der Waals surface area contributed by atoms with E-state index in [9.17, 15) is 0 Å². The largest absolute Gasteiger partial charge is 0.493 e. The number of halogens is 1. The van der Waals surface area contributed by atoms with Crippen LogP contribution in [0.15, 0.2) is 36.4 Å². The number of anilines is 1. The van der Waals surface area contributed by atoms with Gasteiger partial charge in [-0.05, 0) is 36.8 Å². The zero-order chi connectivity index (χ0) is 19.2. The highest BCUT2D eigenvalue weighted by Gasteiger charge is 2.14. The van der Waals surface area contributed by atoms with Crippen molar-refractivity contribution in [2.45, 2.75) is 6.42 Å². The van der Waals surface area contributed by atoms with E-state index in [0.717, 1.165) is 35.2 Å². The second-order valence-electron chi connectivity index (χ2n) is 5.90. The first-order chi connectivity index (χ1) is 13.2. The first kappa shape index (κ1) is 19.2. The lowest BCUT2D eigenvalue weighted by molar-refractivity contribution is 0.198. The van der Waals surface area contributed by atoms with E-state index in [1.54, 1.807) is 21.3 Å². The molecule has 2 aromatic carbocycles. The molecule has 0 radical (unpaired) electrons. The average molecular weight is 388 g/mol. The van der Waals surface area contributed by atoms with Crippen LogP contribution in [0.25, 0.3) is 22.3 Å². The minimum absolute atomic E-state index is 0.612. The van der Waals surface area contributed by atoms with Crippen LogP contribution in [0.2, 0.25) is 5.02 Å². The van der Waals surface area contributed by atoms with Crippen molar-refractivity contribution in [3.05, 3.63) is 41.4 Å². The Labute approximate surface area is 163 Å². The van der Waals surface area contributed by atoms with Gasteiger partial charge in [0.2, 0.25) is 0 Å². The first-order valence-electron chi connectivity index (χ1n) is 8.58. The third kappa shape index (κ3) is 4.40. The molecule has 0 spiro atoms. The molecule has 0 saturated carbocycles. The van der Waals surface area contributed by atoms with E-state index >= 15 is 0 Å². The van der Waals surface area contributed by atoms with Crippen LogP contribution in [0.4, 0.5) is 5.82 Å². The molecule has 0 saturated heterocycles. The number of ether oxygens (including phenoxy) is 3. The van der Waals surface area contributed by atoms with E-state index in [4.69, 9.17) is 35.8 Å². The Morgan fingerprint density at radius 3 is 2.33 bits per heavy atom. The molecule has 1 heterocycles. The summed E-state index contributed by atoms with van der Waals surface area (Å²) in [6.45, 7) is 1.41. The summed E-state index contributed by atoms with van der Waals surface area (Å²) in [5.74, 6) is 2.60. The lowest BCUT2D eigenvalue weighted by atomic mass is 10.1. The number of rotatable bonds is 8. The molecular weight excluding hydrogens is 366 g/mol. The maximum atomic E-state index is 6.00. The Kier molecular flexibility index (Phi) is 6.32. The highest BCUT2D eigenvalue weighted by atomic mass is 35.5. The number of nitrogens with zero attached hydrogens (tertiary/aromatic N) is 2. The van der Waals surface area contributed by atoms with E-state index in [1.165, 1.54) is 0 Å². The topological polar surface area (TPSA) is 65.5 Å². The molecule has 3 rings (SSSR count). The van der Waals surface area contributed by atoms with Crippen LogP contribution < -0.4 is 14.8 Å². The second kappa shape index (κ2) is 8.88. The number of aromatic nitrogens is 2. The molecule has 0 aliphatic carbocycles. The molecule has 0 atom stereocenters. The van der Waals surface area contributed by atoms with Crippen molar-refractivity contribution in [1.82, 2.24) is 9.97 Å². The van der Waals surface area contributed by atoms with Gasteiger partial charge in [-0.15, -0.1) is 0 Å². The molecular formula is C20H22ClN3O3. The van der Waals surface area contributed by atoms with E-state index in [2.05, 4.69) is 5.32 Å². The van der Waals surface area contributed by atoms with Gasteiger partial charge in [-0.3, -0.25) is 0 Å². The Bertz CT molecular complexity index is 916. The fourth-order valence-electron chi connectivity index (χ4n) is 2.74. The fraction of sp³-hybridized carbons (Fsp3) is 0.300. The van der Waals surface area contributed by atoms with Gasteiger partial charge in [0, 0.05) is 42.3 Å². The van der Waals surface area contributed by atoms with Crippen molar-refractivity contribution in [2.75, 3.05) is 39.8 Å². The fourth-order valence-corrected chi connectivity index (χ4v) is 2.87. The Morgan fingerprint density at radius 1 is 0.963 bits per heavy atom. The van der Waals surface area contributed by atoms with E-state index < -0.39 is 0 Å². The predicted octanol–water partition coefficient (Wildman–Crippen LogP) is 4.42. The maximum absolute atomic E-state index is 6.00. The Balaban J connectivity index is 2.09. The highest BCUT2D eigenvalue weighted by molar-refractivity contribution is 6.30. The van der Waals surface area contributed by atoms with Crippen molar-refractivity contribution >= 4 is 28.3 Å². The number of nitrogens with one attached hydrogen (secondary N) is 1. The molecule has 1 N–H and O–H groups in total. The smallest absolute Gasteiger partial charge is 0.162 e. The van der Waals surface area contributed by atoms with Gasteiger partial charge >= 0.3 is 0 Å². The standard InChI is InChI=1S/C20H22ClN3O3/c1-25-10-4-9-22-20-15-11-17(26-2)18(27-3)12-16(15)23-19(24-20)13-5-7-14(21)8-6-13/h5-8,11-12H,4,9-10H2,1-3H3,(H,22,23,24). The summed E-state index contributed by atoms with van der Waals surface area (Å²) in [6.07, 6.45) is 0.867. The van der Waals surface area contributed by atoms with Crippen LogP contribution in [0.5, 0.6) is 11.5 Å². The van der Waals surface area contributed by atoms with Crippen molar-refractivity contribution < 1.29 is 14.2 Å². The molecule has 0 amide bonds. The van der Waals surface area contributed by atoms with Crippen LogP contribution in [0.1, 0.15) is 6.42 Å². The molecule has 27 heavy (non-hydrogen) atoms. The summed E-state index contributed by atoms with van der Waals surface area (Å²) in [6, 6.07) is 11.2. The number of hydrogen-bond acceptors (Lipinski definition) is 6. The van der Waals surface area contributed by atoms with Crippen molar-refractivity contribution in [1.29, 1.82) is 0 Å². The van der Waals surface area contributed by atoms with E-state index in [-0.39, 0.29) is 0 Å². The van der Waals surface area contributed by atoms with Gasteiger partial charge in [0.15, 0.2) is 17.3 Å². The lowest BCUT2D eigenvalue weighted by Crippen LogP contribution is -2.08. The summed E-state index contributed by atoms with van der Waals surface area (Å²) in [5, 5.41) is 4.91. The summed E-state index contributed by atoms with van der Waals surface area (Å²) < 4.78 is 16.0. The molecule has 142 valence electrons. The Morgan fingerprint density at radius 2 is 1.67 bits per heavy atom. The van der Waals surface area contributed by atoms with Crippen LogP contribution in [-0.4, -0.2) is 44.4 Å². The quantitative estimate of drug-likeness (QED) is 0.577. The molecule has 3 aromatic rings. The second-order valence-corrected chi connectivity index (χ2v) is 6.34. The predicted molar refractivity (Wildman–Crippen MR) is 108 cm³/mol. The minimum atomic E-state index is 0.612. The van der Waals surface area contributed by atoms with Gasteiger partial charge in [-0.2, -0.15) is 0 Å². The molecule has 7 heteroatoms. The summed E-state index contributed by atoms with van der Waals surface area (Å²) in [5.41, 5.74) is 1.65. The van der Waals surface area contributed by atoms with Gasteiger partial charge in [0.05, 0.1) is 19.7 Å². The number of benzene rings is 2. The highest BCUT2D eigenvalue weighted by Crippen LogP contribution is 2.35. The molecule has 0 aliphatic heterocycles. The molecule has 1 aromatic heterocycles. The number of hydrogen-bond donors (Lipinski definition) is 1. The summed E-state index contributed by atoms with van der Waals surface area (Å²) in [7, 11) is 4.91. The van der Waals surface area contributed by atoms with Crippen molar-refractivity contribution in [3.8, 4) is 22.9 Å². The first-order valence-corrected chi connectivity index (χ1v) is 8.96. The molecule has 0 unspecified atom stereocenters. The SMILES string of the molecule is COCCCNc1nc(-c2ccc(Cl)cc2)nc2cc(OC)c(OC)cc12. The van der Waals surface area contributed by atoms with Crippen LogP contribution >= 0.6 is 11.6 Å².